The molecular formula is C36H34N2O5S. The Hall–Kier alpha value is -4.82. The Bertz CT molecular complexity index is 1890. The fourth-order valence-electron chi connectivity index (χ4n) is 5.04. The first kappa shape index (κ1) is 29.3. The van der Waals surface area contributed by atoms with Crippen LogP contribution in [0.1, 0.15) is 23.1 Å². The highest BCUT2D eigenvalue weighted by Gasteiger charge is 2.15. The lowest BCUT2D eigenvalue weighted by molar-refractivity contribution is 0.240. The van der Waals surface area contributed by atoms with E-state index in [0.717, 1.165) is 61.1 Å². The summed E-state index contributed by atoms with van der Waals surface area (Å²) < 4.78 is 30.2. The van der Waals surface area contributed by atoms with Crippen molar-refractivity contribution in [3.63, 3.8) is 0 Å². The molecule has 224 valence electrons. The SMILES string of the molecule is COc1ccc(-c2cc(-c3cc(C)c(C)c(OC)c3)no2)cc1OCCCOc1ccc(-c2nc3ccccc3s2)cc1C. The van der Waals surface area contributed by atoms with E-state index in [-0.39, 0.29) is 0 Å². The number of benzene rings is 4. The molecule has 44 heavy (non-hydrogen) atoms. The van der Waals surface area contributed by atoms with Gasteiger partial charge in [0.15, 0.2) is 17.3 Å². The third-order valence-corrected chi connectivity index (χ3v) is 8.70. The van der Waals surface area contributed by atoms with Crippen LogP contribution in [0.25, 0.3) is 43.4 Å². The fraction of sp³-hybridized carbons (Fsp3) is 0.222. The molecule has 0 spiro atoms. The molecule has 0 aliphatic rings. The van der Waals surface area contributed by atoms with E-state index < -0.39 is 0 Å². The lowest BCUT2D eigenvalue weighted by Crippen LogP contribution is -2.06. The van der Waals surface area contributed by atoms with Gasteiger partial charge in [-0.25, -0.2) is 4.98 Å². The first-order chi connectivity index (χ1) is 21.4. The first-order valence-corrected chi connectivity index (χ1v) is 15.3. The summed E-state index contributed by atoms with van der Waals surface area (Å²) >= 11 is 1.70. The maximum absolute atomic E-state index is 6.12. The molecule has 6 rings (SSSR count). The number of nitrogens with zero attached hydrogens (tertiary/aromatic N) is 2. The monoisotopic (exact) mass is 606 g/mol. The van der Waals surface area contributed by atoms with Crippen molar-refractivity contribution in [2.24, 2.45) is 0 Å². The van der Waals surface area contributed by atoms with Gasteiger partial charge in [0.2, 0.25) is 0 Å². The summed E-state index contributed by atoms with van der Waals surface area (Å²) in [6, 6.07) is 26.1. The average molecular weight is 607 g/mol. The van der Waals surface area contributed by atoms with Crippen LogP contribution in [0.5, 0.6) is 23.0 Å². The fourth-order valence-corrected chi connectivity index (χ4v) is 6.00. The summed E-state index contributed by atoms with van der Waals surface area (Å²) in [5, 5.41) is 5.33. The summed E-state index contributed by atoms with van der Waals surface area (Å²) in [7, 11) is 3.31. The van der Waals surface area contributed by atoms with E-state index in [2.05, 4.69) is 43.3 Å². The van der Waals surface area contributed by atoms with Crippen LogP contribution in [0.15, 0.2) is 83.4 Å². The number of rotatable bonds is 11. The summed E-state index contributed by atoms with van der Waals surface area (Å²) in [6.45, 7) is 7.15. The van der Waals surface area contributed by atoms with Crippen molar-refractivity contribution < 1.29 is 23.5 Å². The standard InChI is InChI=1S/C36H34N2O5S/c1-22-17-27(20-32(40-5)24(22)3)29-21-33(43-38-29)25-11-14-31(39-4)34(19-25)42-16-8-15-41-30-13-12-26(18-23(30)2)36-37-28-9-6-7-10-35(28)44-36/h6-7,9-14,17-21H,8,15-16H2,1-5H3. The Labute approximate surface area is 261 Å². The largest absolute Gasteiger partial charge is 0.496 e. The highest BCUT2D eigenvalue weighted by molar-refractivity contribution is 7.21. The van der Waals surface area contributed by atoms with E-state index in [1.807, 2.05) is 61.5 Å². The number of thiazole rings is 1. The van der Waals surface area contributed by atoms with Gasteiger partial charge in [0, 0.05) is 29.2 Å². The minimum atomic E-state index is 0.465. The lowest BCUT2D eigenvalue weighted by Gasteiger charge is -2.13. The van der Waals surface area contributed by atoms with Crippen LogP contribution >= 0.6 is 11.3 Å². The molecule has 2 heterocycles. The Morgan fingerprint density at radius 2 is 1.39 bits per heavy atom. The van der Waals surface area contributed by atoms with Gasteiger partial charge in [0.05, 0.1) is 37.6 Å². The van der Waals surface area contributed by atoms with Gasteiger partial charge in [-0.1, -0.05) is 17.3 Å². The maximum Gasteiger partial charge on any atom is 0.167 e. The number of aryl methyl sites for hydroxylation is 2. The van der Waals surface area contributed by atoms with Crippen molar-refractivity contribution in [2.45, 2.75) is 27.2 Å². The van der Waals surface area contributed by atoms with Gasteiger partial charge in [-0.05, 0) is 98.1 Å². The van der Waals surface area contributed by atoms with E-state index in [1.54, 1.807) is 25.6 Å². The smallest absolute Gasteiger partial charge is 0.167 e. The number of para-hydroxylation sites is 1. The van der Waals surface area contributed by atoms with Crippen molar-refractivity contribution in [3.05, 3.63) is 95.6 Å². The van der Waals surface area contributed by atoms with Crippen molar-refractivity contribution in [3.8, 4) is 56.2 Å². The predicted molar refractivity (Wildman–Crippen MR) is 175 cm³/mol. The van der Waals surface area contributed by atoms with Gasteiger partial charge < -0.3 is 23.5 Å². The zero-order valence-corrected chi connectivity index (χ0v) is 26.3. The summed E-state index contributed by atoms with van der Waals surface area (Å²) in [6.07, 6.45) is 0.702. The van der Waals surface area contributed by atoms with Gasteiger partial charge in [-0.2, -0.15) is 0 Å². The highest BCUT2D eigenvalue weighted by Crippen LogP contribution is 2.36. The van der Waals surface area contributed by atoms with Crippen molar-refractivity contribution in [1.29, 1.82) is 0 Å². The minimum Gasteiger partial charge on any atom is -0.496 e. The molecule has 8 heteroatoms. The van der Waals surface area contributed by atoms with Crippen LogP contribution < -0.4 is 18.9 Å². The van der Waals surface area contributed by atoms with Crippen LogP contribution in [0, 0.1) is 20.8 Å². The van der Waals surface area contributed by atoms with E-state index in [1.165, 1.54) is 4.70 Å². The minimum absolute atomic E-state index is 0.465. The Kier molecular flexibility index (Phi) is 8.52. The van der Waals surface area contributed by atoms with Gasteiger partial charge in [-0.3, -0.25) is 0 Å². The summed E-state index contributed by atoms with van der Waals surface area (Å²) in [4.78, 5) is 4.77. The molecular weight excluding hydrogens is 572 g/mol. The average Bonchev–Trinajstić information content (AvgIpc) is 3.71. The molecule has 0 aliphatic heterocycles. The second-order valence-electron chi connectivity index (χ2n) is 10.6. The normalized spacial score (nSPS) is 11.1. The molecule has 0 saturated heterocycles. The topological polar surface area (TPSA) is 75.8 Å². The number of fused-ring (bicyclic) bond motifs is 1. The zero-order valence-electron chi connectivity index (χ0n) is 25.5. The molecule has 0 amide bonds. The third-order valence-electron chi connectivity index (χ3n) is 7.61. The lowest BCUT2D eigenvalue weighted by atomic mass is 10.0. The Balaban J connectivity index is 1.07. The number of ether oxygens (including phenoxy) is 4. The Morgan fingerprint density at radius 3 is 2.16 bits per heavy atom. The van der Waals surface area contributed by atoms with E-state index in [4.69, 9.17) is 28.5 Å². The second kappa shape index (κ2) is 12.8. The molecule has 0 saturated carbocycles. The molecule has 7 nitrogen and oxygen atoms in total. The van der Waals surface area contributed by atoms with Crippen LogP contribution in [0.3, 0.4) is 0 Å². The van der Waals surface area contributed by atoms with Gasteiger partial charge in [0.1, 0.15) is 22.2 Å². The molecule has 2 aromatic heterocycles. The molecule has 4 aromatic carbocycles. The quantitative estimate of drug-likeness (QED) is 0.136. The highest BCUT2D eigenvalue weighted by atomic mass is 32.1. The van der Waals surface area contributed by atoms with Crippen molar-refractivity contribution >= 4 is 21.6 Å². The van der Waals surface area contributed by atoms with Gasteiger partial charge in [-0.15, -0.1) is 11.3 Å². The zero-order chi connectivity index (χ0) is 30.6. The van der Waals surface area contributed by atoms with E-state index in [0.29, 0.717) is 36.9 Å². The number of methoxy groups -OCH3 is 2. The molecule has 0 radical (unpaired) electrons. The second-order valence-corrected chi connectivity index (χ2v) is 11.6. The molecule has 0 unspecified atom stereocenters. The predicted octanol–water partition coefficient (Wildman–Crippen LogP) is 9.08. The number of hydrogen-bond acceptors (Lipinski definition) is 8. The molecule has 0 fully saturated rings. The van der Waals surface area contributed by atoms with Gasteiger partial charge in [0.25, 0.3) is 0 Å². The first-order valence-electron chi connectivity index (χ1n) is 14.5. The number of aromatic nitrogens is 2. The van der Waals surface area contributed by atoms with Crippen molar-refractivity contribution in [1.82, 2.24) is 10.1 Å². The van der Waals surface area contributed by atoms with Crippen LogP contribution in [0.2, 0.25) is 0 Å². The molecule has 0 N–H and O–H groups in total. The van der Waals surface area contributed by atoms with E-state index in [9.17, 15) is 0 Å². The van der Waals surface area contributed by atoms with Crippen LogP contribution in [-0.2, 0) is 0 Å². The Morgan fingerprint density at radius 1 is 0.682 bits per heavy atom. The molecule has 0 atom stereocenters. The summed E-state index contributed by atoms with van der Waals surface area (Å²) in [5.41, 5.74) is 7.95. The van der Waals surface area contributed by atoms with Crippen LogP contribution in [-0.4, -0.2) is 37.6 Å². The third kappa shape index (κ3) is 6.12. The van der Waals surface area contributed by atoms with Crippen molar-refractivity contribution in [2.75, 3.05) is 27.4 Å². The number of hydrogen-bond donors (Lipinski definition) is 0. The molecule has 0 aliphatic carbocycles. The van der Waals surface area contributed by atoms with Crippen LogP contribution in [0.4, 0.5) is 0 Å². The molecule has 6 aromatic rings. The maximum atomic E-state index is 6.12. The van der Waals surface area contributed by atoms with Gasteiger partial charge >= 0.3 is 0 Å². The summed E-state index contributed by atoms with van der Waals surface area (Å²) in [5.74, 6) is 3.60. The molecule has 0 bridgehead atoms. The van der Waals surface area contributed by atoms with E-state index >= 15 is 0 Å².